The fourth-order valence-corrected chi connectivity index (χ4v) is 4.15. The lowest BCUT2D eigenvalue weighted by Gasteiger charge is -2.18. The van der Waals surface area contributed by atoms with Crippen LogP contribution >= 0.6 is 23.4 Å². The van der Waals surface area contributed by atoms with E-state index in [0.29, 0.717) is 16.3 Å². The molecule has 0 spiro atoms. The van der Waals surface area contributed by atoms with Gasteiger partial charge in [-0.1, -0.05) is 46.6 Å². The zero-order valence-corrected chi connectivity index (χ0v) is 17.3. The fraction of sp³-hybridized carbons (Fsp3) is 0.0476. The van der Waals surface area contributed by atoms with Crippen molar-refractivity contribution in [3.63, 3.8) is 0 Å². The minimum absolute atomic E-state index is 0.0360. The predicted molar refractivity (Wildman–Crippen MR) is 120 cm³/mol. The number of nitrogens with zero attached hydrogens (tertiary/aromatic N) is 4. The molecular formula is C21H14ClN6OS+. The van der Waals surface area contributed by atoms with Crippen LogP contribution in [0.3, 0.4) is 0 Å². The van der Waals surface area contributed by atoms with Gasteiger partial charge >= 0.3 is 5.96 Å². The molecule has 0 radical (unpaired) electrons. The molecule has 7 nitrogen and oxygen atoms in total. The Bertz CT molecular complexity index is 1250. The summed E-state index contributed by atoms with van der Waals surface area (Å²) in [6.07, 6.45) is 3.29. The summed E-state index contributed by atoms with van der Waals surface area (Å²) in [4.78, 5) is 30.2. The van der Waals surface area contributed by atoms with Crippen molar-refractivity contribution < 1.29 is 9.79 Å². The van der Waals surface area contributed by atoms with Gasteiger partial charge in [0.15, 0.2) is 0 Å². The van der Waals surface area contributed by atoms with E-state index in [0.717, 1.165) is 21.2 Å². The topological polar surface area (TPSA) is 104 Å². The Morgan fingerprint density at radius 3 is 2.87 bits per heavy atom. The third-order valence-electron chi connectivity index (χ3n) is 4.21. The highest BCUT2D eigenvalue weighted by Gasteiger charge is 2.31. The molecule has 2 aromatic rings. The number of nitrogens with one attached hydrogen (secondary N) is 2. The lowest BCUT2D eigenvalue weighted by atomic mass is 10.1. The highest BCUT2D eigenvalue weighted by molar-refractivity contribution is 8.04. The summed E-state index contributed by atoms with van der Waals surface area (Å²) < 4.78 is 0. The minimum atomic E-state index is -0.449. The molecule has 0 atom stereocenters. The Hall–Kier alpha value is -3.54. The van der Waals surface area contributed by atoms with Crippen molar-refractivity contribution in [2.45, 2.75) is 11.8 Å². The van der Waals surface area contributed by atoms with Crippen LogP contribution in [0, 0.1) is 11.5 Å². The number of hydrogen-bond donors (Lipinski definition) is 2. The average Bonchev–Trinajstić information content (AvgIpc) is 2.73. The zero-order valence-electron chi connectivity index (χ0n) is 15.7. The van der Waals surface area contributed by atoms with Crippen molar-refractivity contribution in [1.82, 2.24) is 0 Å². The molecule has 0 unspecified atom stereocenters. The number of carbonyl (C=O) groups excluding carboxylic acids is 1. The molecule has 9 heteroatoms. The summed E-state index contributed by atoms with van der Waals surface area (Å²) in [5.41, 5.74) is 2.85. The van der Waals surface area contributed by atoms with Gasteiger partial charge in [0.2, 0.25) is 5.71 Å². The first-order chi connectivity index (χ1) is 14.5. The number of para-hydroxylation sites is 1. The number of amides is 1. The third kappa shape index (κ3) is 4.08. The van der Waals surface area contributed by atoms with E-state index in [9.17, 15) is 4.79 Å². The Kier molecular flexibility index (Phi) is 5.57. The first-order valence-electron chi connectivity index (χ1n) is 8.84. The van der Waals surface area contributed by atoms with Crippen LogP contribution in [0.2, 0.25) is 5.02 Å². The van der Waals surface area contributed by atoms with Gasteiger partial charge in [-0.2, -0.15) is 5.26 Å². The van der Waals surface area contributed by atoms with Gasteiger partial charge in [0, 0.05) is 25.5 Å². The van der Waals surface area contributed by atoms with Crippen molar-refractivity contribution >= 4 is 64.2 Å². The maximum absolute atomic E-state index is 13.1. The van der Waals surface area contributed by atoms with Gasteiger partial charge in [-0.05, 0) is 37.3 Å². The van der Waals surface area contributed by atoms with E-state index in [2.05, 4.69) is 25.3 Å². The molecule has 0 aromatic heterocycles. The first kappa shape index (κ1) is 19.8. The molecule has 0 saturated heterocycles. The van der Waals surface area contributed by atoms with E-state index in [4.69, 9.17) is 16.9 Å². The van der Waals surface area contributed by atoms with E-state index in [1.165, 1.54) is 11.8 Å². The number of hydrogen-bond acceptors (Lipinski definition) is 5. The number of aliphatic imine (C=N–C) groups is 3. The average molecular weight is 434 g/mol. The molecule has 2 heterocycles. The van der Waals surface area contributed by atoms with Gasteiger partial charge in [0.1, 0.15) is 0 Å². The van der Waals surface area contributed by atoms with Crippen molar-refractivity contribution in [1.29, 1.82) is 5.26 Å². The third-order valence-corrected chi connectivity index (χ3v) is 5.73. The number of rotatable bonds is 2. The molecule has 0 bridgehead atoms. The van der Waals surface area contributed by atoms with Gasteiger partial charge in [-0.3, -0.25) is 9.79 Å². The fourth-order valence-electron chi connectivity index (χ4n) is 2.91. The van der Waals surface area contributed by atoms with E-state index in [1.54, 1.807) is 36.7 Å². The Morgan fingerprint density at radius 2 is 2.07 bits per heavy atom. The Morgan fingerprint density at radius 1 is 1.23 bits per heavy atom. The van der Waals surface area contributed by atoms with Crippen LogP contribution in [-0.4, -0.2) is 29.5 Å². The molecular weight excluding hydrogens is 420 g/mol. The zero-order chi connectivity index (χ0) is 21.1. The maximum Gasteiger partial charge on any atom is 0.442 e. The monoisotopic (exact) mass is 433 g/mol. The number of benzene rings is 2. The first-order valence-corrected chi connectivity index (χ1v) is 10.0. The molecule has 30 heavy (non-hydrogen) atoms. The largest absolute Gasteiger partial charge is 0.442 e. The molecule has 0 aliphatic carbocycles. The molecule has 2 aliphatic rings. The summed E-state index contributed by atoms with van der Waals surface area (Å²) in [5.74, 6) is -0.413. The number of carbonyl (C=O) groups is 1. The van der Waals surface area contributed by atoms with E-state index >= 15 is 0 Å². The molecule has 0 saturated carbocycles. The second kappa shape index (κ2) is 8.45. The van der Waals surface area contributed by atoms with Crippen LogP contribution in [0.15, 0.2) is 78.9 Å². The van der Waals surface area contributed by atoms with Crippen LogP contribution in [-0.2, 0) is 4.79 Å². The van der Waals surface area contributed by atoms with Crippen molar-refractivity contribution in [3.05, 3.63) is 64.0 Å². The summed E-state index contributed by atoms with van der Waals surface area (Å²) in [6, 6.07) is 14.6. The normalized spacial score (nSPS) is 18.9. The standard InChI is InChI=1S/C21H13ClN6OS/c1-12-19(30-17-8-3-2-7-16(17)26-12)15-10-24-21(25-11-23)28-18(15)20(29)27-14-6-4-5-13(22)9-14/h2-10H,1H3,(H,27,29)/p+1/b19-15+,25-21?. The summed E-state index contributed by atoms with van der Waals surface area (Å²) in [6.45, 7) is 1.88. The van der Waals surface area contributed by atoms with Crippen LogP contribution in [0.1, 0.15) is 6.92 Å². The lowest BCUT2D eigenvalue weighted by molar-refractivity contribution is -0.311. The molecule has 0 fully saturated rings. The second-order valence-corrected chi connectivity index (χ2v) is 7.75. The van der Waals surface area contributed by atoms with Crippen molar-refractivity contribution in [2.24, 2.45) is 15.0 Å². The number of fused-ring (bicyclic) bond motifs is 1. The van der Waals surface area contributed by atoms with Crippen molar-refractivity contribution in [2.75, 3.05) is 5.32 Å². The van der Waals surface area contributed by atoms with Gasteiger partial charge in [0.25, 0.3) is 12.1 Å². The quantitative estimate of drug-likeness (QED) is 0.711. The molecule has 146 valence electrons. The van der Waals surface area contributed by atoms with Gasteiger partial charge in [0.05, 0.1) is 23.2 Å². The molecule has 2 N–H and O–H groups in total. The van der Waals surface area contributed by atoms with Crippen LogP contribution in [0.5, 0.6) is 0 Å². The Labute approximate surface area is 181 Å². The van der Waals surface area contributed by atoms with Gasteiger partial charge < -0.3 is 5.32 Å². The number of anilines is 1. The molecule has 4 rings (SSSR count). The van der Waals surface area contributed by atoms with Crippen LogP contribution < -0.4 is 10.3 Å². The van der Waals surface area contributed by atoms with E-state index in [1.807, 2.05) is 31.2 Å². The predicted octanol–water partition coefficient (Wildman–Crippen LogP) is 2.87. The lowest BCUT2D eigenvalue weighted by Crippen LogP contribution is -2.75. The number of allylic oxidation sites excluding steroid dienone is 1. The Balaban J connectivity index is 1.77. The highest BCUT2D eigenvalue weighted by atomic mass is 35.5. The summed E-state index contributed by atoms with van der Waals surface area (Å²) in [7, 11) is 0. The number of thioether (sulfide) groups is 1. The summed E-state index contributed by atoms with van der Waals surface area (Å²) >= 11 is 7.52. The number of halogens is 1. The number of guanidine groups is 1. The highest BCUT2D eigenvalue weighted by Crippen LogP contribution is 2.41. The summed E-state index contributed by atoms with van der Waals surface area (Å²) in [5, 5.41) is 12.2. The molecule has 2 aromatic carbocycles. The SMILES string of the molecule is CC1=Nc2ccccc2S/C1=C1\C=[NH+]C(=NC#N)N=C1C(=O)Nc1cccc(Cl)c1. The maximum atomic E-state index is 13.1. The number of nitriles is 1. The minimum Gasteiger partial charge on any atom is -0.319 e. The van der Waals surface area contributed by atoms with Crippen LogP contribution in [0.25, 0.3) is 0 Å². The smallest absolute Gasteiger partial charge is 0.319 e. The second-order valence-electron chi connectivity index (χ2n) is 6.26. The molecule has 1 amide bonds. The van der Waals surface area contributed by atoms with Gasteiger partial charge in [-0.25, -0.2) is 4.99 Å². The van der Waals surface area contributed by atoms with E-state index in [-0.39, 0.29) is 11.7 Å². The van der Waals surface area contributed by atoms with Gasteiger partial charge in [-0.15, -0.1) is 0 Å². The van der Waals surface area contributed by atoms with Crippen LogP contribution in [0.4, 0.5) is 11.4 Å². The molecule has 2 aliphatic heterocycles. The van der Waals surface area contributed by atoms with Crippen molar-refractivity contribution in [3.8, 4) is 6.19 Å². The van der Waals surface area contributed by atoms with E-state index < -0.39 is 5.91 Å².